The molecule has 0 radical (unpaired) electrons. The van der Waals surface area contributed by atoms with Gasteiger partial charge in [-0.3, -0.25) is 0 Å². The minimum atomic E-state index is -4.83. The lowest BCUT2D eigenvalue weighted by Crippen LogP contribution is -2.72. The zero-order valence-corrected chi connectivity index (χ0v) is 13.5. The van der Waals surface area contributed by atoms with Crippen LogP contribution in [0.3, 0.4) is 0 Å². The van der Waals surface area contributed by atoms with Crippen LogP contribution in [0.5, 0.6) is 0 Å². The summed E-state index contributed by atoms with van der Waals surface area (Å²) in [5, 5.41) is 57.8. The number of aliphatic hydroxyl groups excluding tert-OH is 5. The number of unbranched alkanes of at least 4 members (excludes halogenated alkanes) is 3. The Hall–Kier alpha value is -0.370. The molecule has 2 unspecified atom stereocenters. The van der Waals surface area contributed by atoms with Gasteiger partial charge in [0.05, 0.1) is 6.61 Å². The molecule has 6 N–H and O–H groups in total. The maximum atomic E-state index is 11.7. The largest absolute Gasteiger partial charge is 0.402 e. The van der Waals surface area contributed by atoms with Crippen molar-refractivity contribution in [2.45, 2.75) is 68.9 Å². The van der Waals surface area contributed by atoms with Crippen LogP contribution in [0.15, 0.2) is 0 Å². The Balaban J connectivity index is 2.75. The summed E-state index contributed by atoms with van der Waals surface area (Å²) in [6.07, 6.45) is -8.14. The van der Waals surface area contributed by atoms with Gasteiger partial charge in [-0.2, -0.15) is 8.42 Å². The Labute approximate surface area is 134 Å². The quantitative estimate of drug-likeness (QED) is 0.198. The molecule has 0 aliphatic heterocycles. The fourth-order valence-corrected chi connectivity index (χ4v) is 3.11. The molecule has 0 saturated heterocycles. The fraction of sp³-hybridized carbons (Fsp3) is 1.00. The van der Waals surface area contributed by atoms with Crippen LogP contribution in [0.25, 0.3) is 0 Å². The van der Waals surface area contributed by atoms with E-state index in [1.165, 1.54) is 0 Å². The standard InChI is InChI=1S/C12H24O10S/c1-2-3-4-5-6-21-23(19,20)22-12(18)10(16)8(14)7(13)9(15)11(12)17/h7-11,13-18H,2-6H2,1H3/t7?,8-,9+,10-,11-,12?/m1/s1. The van der Waals surface area contributed by atoms with E-state index in [2.05, 4.69) is 8.37 Å². The molecular weight excluding hydrogens is 336 g/mol. The van der Waals surface area contributed by atoms with Crippen LogP contribution in [0.2, 0.25) is 0 Å². The lowest BCUT2D eigenvalue weighted by Gasteiger charge is -2.45. The van der Waals surface area contributed by atoms with Crippen molar-refractivity contribution in [1.29, 1.82) is 0 Å². The second-order valence-electron chi connectivity index (χ2n) is 5.49. The summed E-state index contributed by atoms with van der Waals surface area (Å²) in [6.45, 7) is 1.73. The molecule has 1 fully saturated rings. The van der Waals surface area contributed by atoms with E-state index in [4.69, 9.17) is 0 Å². The lowest BCUT2D eigenvalue weighted by atomic mass is 9.82. The van der Waals surface area contributed by atoms with Crippen LogP contribution in [0, 0.1) is 0 Å². The Morgan fingerprint density at radius 1 is 0.913 bits per heavy atom. The number of hydrogen-bond donors (Lipinski definition) is 6. The first kappa shape index (κ1) is 20.7. The molecule has 6 atom stereocenters. The van der Waals surface area contributed by atoms with Gasteiger partial charge in [-0.15, -0.1) is 0 Å². The average Bonchev–Trinajstić information content (AvgIpc) is 2.49. The number of aliphatic hydroxyl groups is 6. The van der Waals surface area contributed by atoms with Gasteiger partial charge < -0.3 is 30.6 Å². The van der Waals surface area contributed by atoms with Crippen molar-refractivity contribution in [3.05, 3.63) is 0 Å². The van der Waals surface area contributed by atoms with E-state index in [1.54, 1.807) is 0 Å². The maximum Gasteiger partial charge on any atom is 0.402 e. The normalized spacial score (nSPS) is 38.7. The highest BCUT2D eigenvalue weighted by Crippen LogP contribution is 2.33. The molecule has 1 rings (SSSR count). The Morgan fingerprint density at radius 3 is 1.91 bits per heavy atom. The first-order valence-electron chi connectivity index (χ1n) is 7.29. The maximum absolute atomic E-state index is 11.7. The number of rotatable bonds is 8. The topological polar surface area (TPSA) is 174 Å². The van der Waals surface area contributed by atoms with Gasteiger partial charge >= 0.3 is 10.4 Å². The van der Waals surface area contributed by atoms with E-state index in [0.717, 1.165) is 12.8 Å². The summed E-state index contributed by atoms with van der Waals surface area (Å²) >= 11 is 0. The van der Waals surface area contributed by atoms with Crippen molar-refractivity contribution in [3.8, 4) is 0 Å². The molecule has 1 aliphatic rings. The first-order chi connectivity index (χ1) is 10.6. The van der Waals surface area contributed by atoms with Crippen LogP contribution in [-0.2, 0) is 18.8 Å². The van der Waals surface area contributed by atoms with Gasteiger partial charge in [0.2, 0.25) is 5.79 Å². The molecule has 1 aliphatic carbocycles. The van der Waals surface area contributed by atoms with Crippen LogP contribution < -0.4 is 0 Å². The molecular formula is C12H24O10S. The third-order valence-corrected chi connectivity index (χ3v) is 4.58. The van der Waals surface area contributed by atoms with E-state index in [-0.39, 0.29) is 6.61 Å². The highest BCUT2D eigenvalue weighted by molar-refractivity contribution is 7.81. The second-order valence-corrected chi connectivity index (χ2v) is 6.71. The second kappa shape index (κ2) is 8.14. The van der Waals surface area contributed by atoms with Gasteiger partial charge in [-0.1, -0.05) is 26.2 Å². The van der Waals surface area contributed by atoms with E-state index in [1.807, 2.05) is 6.92 Å². The predicted octanol–water partition coefficient (Wildman–Crippen LogP) is -2.65. The highest BCUT2D eigenvalue weighted by Gasteiger charge is 2.61. The zero-order valence-electron chi connectivity index (χ0n) is 12.6. The fourth-order valence-electron chi connectivity index (χ4n) is 2.22. The van der Waals surface area contributed by atoms with Crippen LogP contribution >= 0.6 is 0 Å². The summed E-state index contributed by atoms with van der Waals surface area (Å²) in [5.74, 6) is -3.26. The Morgan fingerprint density at radius 2 is 1.43 bits per heavy atom. The molecule has 0 aromatic carbocycles. The van der Waals surface area contributed by atoms with Gasteiger partial charge in [0.25, 0.3) is 0 Å². The third-order valence-electron chi connectivity index (χ3n) is 3.66. The molecule has 0 aromatic rings. The summed E-state index contributed by atoms with van der Waals surface area (Å²) in [7, 11) is -4.83. The number of hydrogen-bond acceptors (Lipinski definition) is 10. The highest BCUT2D eigenvalue weighted by atomic mass is 32.3. The van der Waals surface area contributed by atoms with Crippen molar-refractivity contribution in [1.82, 2.24) is 0 Å². The van der Waals surface area contributed by atoms with Crippen molar-refractivity contribution in [2.75, 3.05) is 6.61 Å². The van der Waals surface area contributed by atoms with Crippen LogP contribution in [0.4, 0.5) is 0 Å². The minimum absolute atomic E-state index is 0.238. The van der Waals surface area contributed by atoms with Crippen molar-refractivity contribution in [3.63, 3.8) is 0 Å². The molecule has 23 heavy (non-hydrogen) atoms. The van der Waals surface area contributed by atoms with Gasteiger partial charge in [0, 0.05) is 0 Å². The van der Waals surface area contributed by atoms with Crippen molar-refractivity contribution in [2.24, 2.45) is 0 Å². The smallest absolute Gasteiger partial charge is 0.387 e. The Bertz CT molecular complexity index is 450. The van der Waals surface area contributed by atoms with Gasteiger partial charge in [-0.25, -0.2) is 8.37 Å². The van der Waals surface area contributed by atoms with Gasteiger partial charge in [0.15, 0.2) is 0 Å². The van der Waals surface area contributed by atoms with Gasteiger partial charge in [-0.05, 0) is 6.42 Å². The molecule has 1 saturated carbocycles. The lowest BCUT2D eigenvalue weighted by molar-refractivity contribution is -0.333. The SMILES string of the molecule is CCCCCCOS(=O)(=O)OC1(O)[C@H](O)[C@H](O)C(O)[C@H](O)[C@H]1O. The third kappa shape index (κ3) is 4.81. The summed E-state index contributed by atoms with van der Waals surface area (Å²) in [6, 6.07) is 0. The molecule has 0 spiro atoms. The van der Waals surface area contributed by atoms with Crippen molar-refractivity contribution < 1.29 is 47.4 Å². The van der Waals surface area contributed by atoms with Gasteiger partial charge in [0.1, 0.15) is 30.5 Å². The molecule has 0 bridgehead atoms. The van der Waals surface area contributed by atoms with E-state index in [9.17, 15) is 39.1 Å². The molecule has 10 nitrogen and oxygen atoms in total. The Kier molecular flexibility index (Phi) is 7.32. The average molecular weight is 360 g/mol. The minimum Gasteiger partial charge on any atom is -0.387 e. The van der Waals surface area contributed by atoms with E-state index >= 15 is 0 Å². The monoisotopic (exact) mass is 360 g/mol. The van der Waals surface area contributed by atoms with Crippen molar-refractivity contribution >= 4 is 10.4 Å². The van der Waals surface area contributed by atoms with Crippen LogP contribution in [-0.4, -0.2) is 82.0 Å². The molecule has 0 amide bonds. The summed E-state index contributed by atoms with van der Waals surface area (Å²) < 4.78 is 32.1. The van der Waals surface area contributed by atoms with E-state index in [0.29, 0.717) is 12.8 Å². The molecule has 0 heterocycles. The van der Waals surface area contributed by atoms with E-state index < -0.39 is 46.7 Å². The molecule has 0 aromatic heterocycles. The predicted molar refractivity (Wildman–Crippen MR) is 75.1 cm³/mol. The first-order valence-corrected chi connectivity index (χ1v) is 8.63. The molecule has 11 heteroatoms. The molecule has 138 valence electrons. The summed E-state index contributed by atoms with van der Waals surface area (Å²) in [4.78, 5) is 0. The van der Waals surface area contributed by atoms with Crippen LogP contribution in [0.1, 0.15) is 32.6 Å². The zero-order chi connectivity index (χ0) is 17.8. The summed E-state index contributed by atoms with van der Waals surface area (Å²) in [5.41, 5.74) is 0.